The molecule has 1 aromatic rings. The normalized spacial score (nSPS) is 24.6. The van der Waals surface area contributed by atoms with Gasteiger partial charge in [-0.05, 0) is 37.2 Å². The summed E-state index contributed by atoms with van der Waals surface area (Å²) < 4.78 is 5.72. The number of carboxylic acids is 1. The second-order valence-corrected chi connectivity index (χ2v) is 8.24. The van der Waals surface area contributed by atoms with Crippen LogP contribution in [0.4, 0.5) is 0 Å². The summed E-state index contributed by atoms with van der Waals surface area (Å²) in [6.45, 7) is 5.93. The Kier molecular flexibility index (Phi) is 5.66. The van der Waals surface area contributed by atoms with Crippen LogP contribution in [0.5, 0.6) is 0 Å². The van der Waals surface area contributed by atoms with E-state index >= 15 is 0 Å². The number of ether oxygens (including phenoxy) is 1. The highest BCUT2D eigenvalue weighted by Crippen LogP contribution is 2.34. The summed E-state index contributed by atoms with van der Waals surface area (Å²) in [5, 5.41) is 9.36. The molecule has 2 aliphatic rings. The van der Waals surface area contributed by atoms with Gasteiger partial charge in [-0.2, -0.15) is 0 Å². The van der Waals surface area contributed by atoms with E-state index in [1.54, 1.807) is 0 Å². The molecule has 0 saturated carbocycles. The van der Waals surface area contributed by atoms with E-state index in [0.717, 1.165) is 19.3 Å². The van der Waals surface area contributed by atoms with Crippen LogP contribution in [-0.2, 0) is 20.7 Å². The highest BCUT2D eigenvalue weighted by molar-refractivity contribution is 5.82. The lowest BCUT2D eigenvalue weighted by Gasteiger charge is -2.39. The molecule has 2 heterocycles. The fourth-order valence-electron chi connectivity index (χ4n) is 4.38. The van der Waals surface area contributed by atoms with Gasteiger partial charge in [0.1, 0.15) is 0 Å². The van der Waals surface area contributed by atoms with Gasteiger partial charge >= 0.3 is 5.97 Å². The third-order valence-electron chi connectivity index (χ3n) is 5.81. The Morgan fingerprint density at radius 3 is 2.42 bits per heavy atom. The van der Waals surface area contributed by atoms with Crippen molar-refractivity contribution in [3.8, 4) is 0 Å². The first-order valence-electron chi connectivity index (χ1n) is 9.56. The van der Waals surface area contributed by atoms with Crippen LogP contribution < -0.4 is 0 Å². The number of aliphatic carboxylic acids is 1. The van der Waals surface area contributed by atoms with Gasteiger partial charge in [0, 0.05) is 25.1 Å². The van der Waals surface area contributed by atoms with Crippen molar-refractivity contribution in [2.75, 3.05) is 19.7 Å². The molecular weight excluding hydrogens is 330 g/mol. The van der Waals surface area contributed by atoms with Crippen LogP contribution in [0.3, 0.4) is 0 Å². The van der Waals surface area contributed by atoms with E-state index in [-0.39, 0.29) is 17.9 Å². The monoisotopic (exact) mass is 359 g/mol. The van der Waals surface area contributed by atoms with Crippen molar-refractivity contribution in [3.63, 3.8) is 0 Å². The van der Waals surface area contributed by atoms with Gasteiger partial charge in [0.2, 0.25) is 5.91 Å². The lowest BCUT2D eigenvalue weighted by Crippen LogP contribution is -2.48. The molecule has 1 unspecified atom stereocenters. The fraction of sp³-hybridized carbons (Fsp3) is 0.619. The Balaban J connectivity index is 1.57. The molecule has 0 aliphatic carbocycles. The van der Waals surface area contributed by atoms with Gasteiger partial charge in [0.05, 0.1) is 12.0 Å². The second-order valence-electron chi connectivity index (χ2n) is 8.24. The van der Waals surface area contributed by atoms with Gasteiger partial charge < -0.3 is 14.7 Å². The number of likely N-dealkylation sites (tertiary alicyclic amines) is 1. The SMILES string of the molecule is CC(C)(Cc1ccccc1)C(=O)N1CCC([C@@H]2OCCC2C(=O)O)CC1. The molecule has 2 fully saturated rings. The largest absolute Gasteiger partial charge is 0.481 e. The van der Waals surface area contributed by atoms with E-state index in [1.165, 1.54) is 5.56 Å². The number of carboxylic acid groups (broad SMARTS) is 1. The summed E-state index contributed by atoms with van der Waals surface area (Å²) in [5.74, 6) is -0.728. The van der Waals surface area contributed by atoms with Gasteiger partial charge in [-0.25, -0.2) is 0 Å². The number of nitrogens with zero attached hydrogens (tertiary/aromatic N) is 1. The average Bonchev–Trinajstić information content (AvgIpc) is 3.12. The van der Waals surface area contributed by atoms with Gasteiger partial charge in [-0.15, -0.1) is 0 Å². The average molecular weight is 359 g/mol. The first-order valence-corrected chi connectivity index (χ1v) is 9.56. The molecule has 2 aliphatic heterocycles. The molecule has 2 saturated heterocycles. The van der Waals surface area contributed by atoms with Crippen molar-refractivity contribution in [3.05, 3.63) is 35.9 Å². The molecule has 0 spiro atoms. The quantitative estimate of drug-likeness (QED) is 0.878. The van der Waals surface area contributed by atoms with Crippen molar-refractivity contribution in [1.82, 2.24) is 4.90 Å². The van der Waals surface area contributed by atoms with E-state index in [9.17, 15) is 14.7 Å². The Labute approximate surface area is 155 Å². The number of rotatable bonds is 5. The van der Waals surface area contributed by atoms with E-state index in [1.807, 2.05) is 36.9 Å². The van der Waals surface area contributed by atoms with Crippen molar-refractivity contribution in [1.29, 1.82) is 0 Å². The number of piperidine rings is 1. The summed E-state index contributed by atoms with van der Waals surface area (Å²) in [6, 6.07) is 10.1. The highest BCUT2D eigenvalue weighted by atomic mass is 16.5. The third kappa shape index (κ3) is 4.09. The summed E-state index contributed by atoms with van der Waals surface area (Å²) >= 11 is 0. The minimum absolute atomic E-state index is 0.182. The molecule has 26 heavy (non-hydrogen) atoms. The van der Waals surface area contributed by atoms with Crippen LogP contribution in [0.2, 0.25) is 0 Å². The molecule has 0 bridgehead atoms. The van der Waals surface area contributed by atoms with E-state index in [2.05, 4.69) is 12.1 Å². The molecule has 142 valence electrons. The maximum Gasteiger partial charge on any atom is 0.309 e. The molecular formula is C21H29NO4. The molecule has 2 atom stereocenters. The second kappa shape index (κ2) is 7.78. The minimum atomic E-state index is -0.755. The standard InChI is InChI=1S/C21H29NO4/c1-21(2,14-15-6-4-3-5-7-15)20(25)22-11-8-16(9-12-22)18-17(19(23)24)10-13-26-18/h3-7,16-18H,8-14H2,1-2H3,(H,23,24)/t17?,18-/m0/s1. The van der Waals surface area contributed by atoms with Gasteiger partial charge in [-0.3, -0.25) is 9.59 Å². The summed E-state index contributed by atoms with van der Waals surface area (Å²) in [4.78, 5) is 26.4. The molecule has 1 amide bonds. The topological polar surface area (TPSA) is 66.8 Å². The number of hydrogen-bond acceptors (Lipinski definition) is 3. The zero-order valence-electron chi connectivity index (χ0n) is 15.7. The maximum absolute atomic E-state index is 13.0. The van der Waals surface area contributed by atoms with E-state index < -0.39 is 17.3 Å². The van der Waals surface area contributed by atoms with Crippen LogP contribution in [0.15, 0.2) is 30.3 Å². The van der Waals surface area contributed by atoms with Crippen LogP contribution in [0.1, 0.15) is 38.7 Å². The summed E-state index contributed by atoms with van der Waals surface area (Å²) in [6.07, 6.45) is 2.77. The van der Waals surface area contributed by atoms with Crippen molar-refractivity contribution in [2.45, 2.75) is 45.6 Å². The van der Waals surface area contributed by atoms with Gasteiger partial charge in [0.25, 0.3) is 0 Å². The molecule has 5 heteroatoms. The smallest absolute Gasteiger partial charge is 0.309 e. The predicted molar refractivity (Wildman–Crippen MR) is 98.7 cm³/mol. The molecule has 1 N–H and O–H groups in total. The number of carbonyl (C=O) groups is 2. The van der Waals surface area contributed by atoms with Crippen LogP contribution >= 0.6 is 0 Å². The van der Waals surface area contributed by atoms with Crippen molar-refractivity contribution < 1.29 is 19.4 Å². The number of carbonyl (C=O) groups excluding carboxylic acids is 1. The minimum Gasteiger partial charge on any atom is -0.481 e. The molecule has 0 radical (unpaired) electrons. The molecule has 1 aromatic carbocycles. The number of hydrogen-bond donors (Lipinski definition) is 1. The zero-order valence-corrected chi connectivity index (χ0v) is 15.7. The van der Waals surface area contributed by atoms with E-state index in [4.69, 9.17) is 4.74 Å². The van der Waals surface area contributed by atoms with Gasteiger partial charge in [-0.1, -0.05) is 44.2 Å². The van der Waals surface area contributed by atoms with Crippen LogP contribution in [-0.4, -0.2) is 47.7 Å². The van der Waals surface area contributed by atoms with Crippen molar-refractivity contribution >= 4 is 11.9 Å². The lowest BCUT2D eigenvalue weighted by atomic mass is 9.81. The molecule has 3 rings (SSSR count). The predicted octanol–water partition coefficient (Wildman–Crippen LogP) is 2.98. The first-order chi connectivity index (χ1) is 12.4. The van der Waals surface area contributed by atoms with Crippen LogP contribution in [0.25, 0.3) is 0 Å². The Hall–Kier alpha value is -1.88. The van der Waals surface area contributed by atoms with Crippen molar-refractivity contribution in [2.24, 2.45) is 17.3 Å². The Morgan fingerprint density at radius 2 is 1.81 bits per heavy atom. The summed E-state index contributed by atoms with van der Waals surface area (Å²) in [5.41, 5.74) is 0.728. The molecule has 0 aromatic heterocycles. The number of benzene rings is 1. The maximum atomic E-state index is 13.0. The number of amides is 1. The Bertz CT molecular complexity index is 635. The lowest BCUT2D eigenvalue weighted by molar-refractivity contribution is -0.147. The summed E-state index contributed by atoms with van der Waals surface area (Å²) in [7, 11) is 0. The zero-order chi connectivity index (χ0) is 18.7. The highest BCUT2D eigenvalue weighted by Gasteiger charge is 2.42. The molecule has 5 nitrogen and oxygen atoms in total. The fourth-order valence-corrected chi connectivity index (χ4v) is 4.38. The van der Waals surface area contributed by atoms with Crippen LogP contribution in [0, 0.1) is 17.3 Å². The van der Waals surface area contributed by atoms with Gasteiger partial charge in [0.15, 0.2) is 0 Å². The Morgan fingerprint density at radius 1 is 1.15 bits per heavy atom. The third-order valence-corrected chi connectivity index (χ3v) is 5.81. The van der Waals surface area contributed by atoms with E-state index in [0.29, 0.717) is 26.1 Å². The first kappa shape index (κ1) is 18.9.